The molecular formula is C12H13NO2. The SMILES string of the molecule is O=C(O)CCc1ccc2c(n1)=CCCC=2. The molecule has 3 heteroatoms. The molecule has 0 atom stereocenters. The van der Waals surface area contributed by atoms with Gasteiger partial charge in [-0.15, -0.1) is 0 Å². The molecule has 2 rings (SSSR count). The van der Waals surface area contributed by atoms with Crippen LogP contribution in [0.25, 0.3) is 12.2 Å². The number of carboxylic acids is 1. The summed E-state index contributed by atoms with van der Waals surface area (Å²) in [5.74, 6) is -0.773. The highest BCUT2D eigenvalue weighted by molar-refractivity contribution is 5.66. The zero-order chi connectivity index (χ0) is 10.7. The number of rotatable bonds is 3. The maximum Gasteiger partial charge on any atom is 0.303 e. The van der Waals surface area contributed by atoms with Crippen molar-refractivity contribution in [2.45, 2.75) is 25.7 Å². The van der Waals surface area contributed by atoms with Gasteiger partial charge in [0, 0.05) is 12.1 Å². The van der Waals surface area contributed by atoms with E-state index in [0.717, 1.165) is 23.9 Å². The van der Waals surface area contributed by atoms with E-state index >= 15 is 0 Å². The third-order valence-corrected chi connectivity index (χ3v) is 2.48. The molecule has 1 heterocycles. The minimum absolute atomic E-state index is 0.148. The molecule has 0 aliphatic heterocycles. The van der Waals surface area contributed by atoms with Gasteiger partial charge in [0.05, 0.1) is 11.8 Å². The highest BCUT2D eigenvalue weighted by Crippen LogP contribution is 1.98. The highest BCUT2D eigenvalue weighted by atomic mass is 16.4. The van der Waals surface area contributed by atoms with Gasteiger partial charge in [0.1, 0.15) is 0 Å². The van der Waals surface area contributed by atoms with Crippen LogP contribution in [0.3, 0.4) is 0 Å². The van der Waals surface area contributed by atoms with E-state index in [9.17, 15) is 4.79 Å². The predicted octanol–water partition coefficient (Wildman–Crippen LogP) is 0.454. The first-order valence-corrected chi connectivity index (χ1v) is 5.14. The summed E-state index contributed by atoms with van der Waals surface area (Å²) < 4.78 is 0. The lowest BCUT2D eigenvalue weighted by molar-refractivity contribution is -0.136. The fourth-order valence-electron chi connectivity index (χ4n) is 1.70. The first kappa shape index (κ1) is 9.90. The van der Waals surface area contributed by atoms with Crippen molar-refractivity contribution in [2.24, 2.45) is 0 Å². The Kier molecular flexibility index (Phi) is 2.81. The second-order valence-electron chi connectivity index (χ2n) is 3.66. The van der Waals surface area contributed by atoms with Crippen molar-refractivity contribution >= 4 is 18.1 Å². The lowest BCUT2D eigenvalue weighted by atomic mass is 10.1. The number of pyridine rings is 1. The minimum Gasteiger partial charge on any atom is -0.481 e. The zero-order valence-electron chi connectivity index (χ0n) is 8.44. The van der Waals surface area contributed by atoms with E-state index in [4.69, 9.17) is 5.11 Å². The van der Waals surface area contributed by atoms with E-state index in [-0.39, 0.29) is 6.42 Å². The Morgan fingerprint density at radius 3 is 2.93 bits per heavy atom. The molecule has 0 aromatic carbocycles. The van der Waals surface area contributed by atoms with Gasteiger partial charge in [-0.1, -0.05) is 18.2 Å². The maximum absolute atomic E-state index is 10.4. The van der Waals surface area contributed by atoms with Crippen LogP contribution in [-0.4, -0.2) is 16.1 Å². The number of aryl methyl sites for hydroxylation is 1. The summed E-state index contributed by atoms with van der Waals surface area (Å²) in [7, 11) is 0. The van der Waals surface area contributed by atoms with E-state index < -0.39 is 5.97 Å². The number of fused-ring (bicyclic) bond motifs is 1. The highest BCUT2D eigenvalue weighted by Gasteiger charge is 2.01. The molecule has 0 amide bonds. The number of hydrogen-bond acceptors (Lipinski definition) is 2. The molecule has 0 saturated carbocycles. The summed E-state index contributed by atoms with van der Waals surface area (Å²) in [5, 5.41) is 10.7. The molecule has 0 unspecified atom stereocenters. The van der Waals surface area contributed by atoms with Gasteiger partial charge in [0.25, 0.3) is 0 Å². The molecule has 0 radical (unpaired) electrons. The number of carboxylic acid groups (broad SMARTS) is 1. The summed E-state index contributed by atoms with van der Waals surface area (Å²) in [5.41, 5.74) is 0.864. The van der Waals surface area contributed by atoms with Crippen molar-refractivity contribution in [3.05, 3.63) is 28.4 Å². The number of aromatic nitrogens is 1. The van der Waals surface area contributed by atoms with Crippen molar-refractivity contribution < 1.29 is 9.90 Å². The number of aliphatic carboxylic acids is 1. The predicted molar refractivity (Wildman–Crippen MR) is 57.6 cm³/mol. The number of carbonyl (C=O) groups is 1. The van der Waals surface area contributed by atoms with Gasteiger partial charge in [-0.2, -0.15) is 0 Å². The molecule has 0 bridgehead atoms. The zero-order valence-corrected chi connectivity index (χ0v) is 8.44. The van der Waals surface area contributed by atoms with Gasteiger partial charge < -0.3 is 5.11 Å². The van der Waals surface area contributed by atoms with Crippen LogP contribution in [0.4, 0.5) is 0 Å². The normalized spacial score (nSPS) is 13.6. The van der Waals surface area contributed by atoms with Crippen molar-refractivity contribution in [3.63, 3.8) is 0 Å². The van der Waals surface area contributed by atoms with Crippen molar-refractivity contribution in [1.82, 2.24) is 4.98 Å². The summed E-state index contributed by atoms with van der Waals surface area (Å²) in [4.78, 5) is 14.9. The Morgan fingerprint density at radius 2 is 2.13 bits per heavy atom. The van der Waals surface area contributed by atoms with Crippen LogP contribution < -0.4 is 10.6 Å². The summed E-state index contributed by atoms with van der Waals surface area (Å²) >= 11 is 0. The van der Waals surface area contributed by atoms with Gasteiger partial charge in [-0.3, -0.25) is 9.78 Å². The lowest BCUT2D eigenvalue weighted by Crippen LogP contribution is -2.30. The Morgan fingerprint density at radius 1 is 1.33 bits per heavy atom. The molecule has 1 aromatic rings. The molecule has 1 aliphatic rings. The topological polar surface area (TPSA) is 50.2 Å². The molecule has 3 nitrogen and oxygen atoms in total. The lowest BCUT2D eigenvalue weighted by Gasteiger charge is -2.02. The minimum atomic E-state index is -0.773. The fraction of sp³-hybridized carbons (Fsp3) is 0.333. The first-order valence-electron chi connectivity index (χ1n) is 5.14. The van der Waals surface area contributed by atoms with Crippen molar-refractivity contribution in [3.8, 4) is 0 Å². The van der Waals surface area contributed by atoms with Crippen LogP contribution >= 0.6 is 0 Å². The molecule has 0 saturated heterocycles. The van der Waals surface area contributed by atoms with Gasteiger partial charge in [-0.05, 0) is 24.1 Å². The molecule has 1 aromatic heterocycles. The average Bonchev–Trinajstić information content (AvgIpc) is 2.26. The summed E-state index contributed by atoms with van der Waals surface area (Å²) in [6, 6.07) is 3.94. The van der Waals surface area contributed by atoms with Gasteiger partial charge >= 0.3 is 5.97 Å². The molecule has 15 heavy (non-hydrogen) atoms. The second kappa shape index (κ2) is 4.26. The quantitative estimate of drug-likeness (QED) is 0.776. The standard InChI is InChI=1S/C12H13NO2/c14-12(15)8-7-10-6-5-9-3-1-2-4-11(9)13-10/h3-6H,1-2,7-8H2,(H,14,15). The van der Waals surface area contributed by atoms with Crippen LogP contribution in [0, 0.1) is 0 Å². The summed E-state index contributed by atoms with van der Waals surface area (Å²) in [6.07, 6.45) is 7.04. The van der Waals surface area contributed by atoms with Crippen molar-refractivity contribution in [2.75, 3.05) is 0 Å². The third-order valence-electron chi connectivity index (χ3n) is 2.48. The maximum atomic E-state index is 10.4. The molecule has 1 aliphatic carbocycles. The van der Waals surface area contributed by atoms with Crippen LogP contribution in [0.5, 0.6) is 0 Å². The third kappa shape index (κ3) is 2.43. The number of nitrogens with zero attached hydrogens (tertiary/aromatic N) is 1. The molecule has 1 N–H and O–H groups in total. The van der Waals surface area contributed by atoms with E-state index in [1.165, 1.54) is 5.22 Å². The van der Waals surface area contributed by atoms with E-state index in [1.807, 2.05) is 12.1 Å². The van der Waals surface area contributed by atoms with E-state index in [0.29, 0.717) is 6.42 Å². The molecule has 78 valence electrons. The largest absolute Gasteiger partial charge is 0.481 e. The Labute approximate surface area is 87.8 Å². The molecule has 0 spiro atoms. The molecular weight excluding hydrogens is 190 g/mol. The van der Waals surface area contributed by atoms with E-state index in [2.05, 4.69) is 17.1 Å². The van der Waals surface area contributed by atoms with Gasteiger partial charge in [0.15, 0.2) is 0 Å². The van der Waals surface area contributed by atoms with Gasteiger partial charge in [-0.25, -0.2) is 0 Å². The van der Waals surface area contributed by atoms with Crippen LogP contribution in [-0.2, 0) is 11.2 Å². The first-order chi connectivity index (χ1) is 7.25. The van der Waals surface area contributed by atoms with Gasteiger partial charge in [0.2, 0.25) is 0 Å². The fourth-order valence-corrected chi connectivity index (χ4v) is 1.70. The van der Waals surface area contributed by atoms with Crippen LogP contribution in [0.1, 0.15) is 25.0 Å². The van der Waals surface area contributed by atoms with Crippen molar-refractivity contribution in [1.29, 1.82) is 0 Å². The monoisotopic (exact) mass is 203 g/mol. The average molecular weight is 203 g/mol. The van der Waals surface area contributed by atoms with Crippen LogP contribution in [0.15, 0.2) is 12.1 Å². The van der Waals surface area contributed by atoms with E-state index in [1.54, 1.807) is 0 Å². The Bertz CT molecular complexity index is 491. The Balaban J connectivity index is 2.26. The second-order valence-corrected chi connectivity index (χ2v) is 3.66. The number of hydrogen-bond donors (Lipinski definition) is 1. The summed E-state index contributed by atoms with van der Waals surface area (Å²) in [6.45, 7) is 0. The Hall–Kier alpha value is -1.64. The smallest absolute Gasteiger partial charge is 0.303 e. The van der Waals surface area contributed by atoms with Crippen LogP contribution in [0.2, 0.25) is 0 Å². The molecule has 0 fully saturated rings.